The fourth-order valence-electron chi connectivity index (χ4n) is 5.77. The lowest BCUT2D eigenvalue weighted by molar-refractivity contribution is -0.156. The number of amides is 2. The lowest BCUT2D eigenvalue weighted by atomic mass is 10.0. The van der Waals surface area contributed by atoms with Gasteiger partial charge in [-0.1, -0.05) is 60.7 Å². The van der Waals surface area contributed by atoms with Gasteiger partial charge < -0.3 is 31.5 Å². The van der Waals surface area contributed by atoms with Crippen LogP contribution >= 0.6 is 23.2 Å². The molecule has 3 aliphatic heterocycles. The van der Waals surface area contributed by atoms with Gasteiger partial charge in [-0.3, -0.25) is 29.0 Å². The van der Waals surface area contributed by atoms with Crippen molar-refractivity contribution >= 4 is 47.0 Å². The summed E-state index contributed by atoms with van der Waals surface area (Å²) >= 11 is 9.53. The van der Waals surface area contributed by atoms with Crippen molar-refractivity contribution in [2.45, 2.75) is 97.4 Å². The van der Waals surface area contributed by atoms with Crippen molar-refractivity contribution in [1.29, 1.82) is 0 Å². The fourth-order valence-corrected chi connectivity index (χ4v) is 5.77. The highest BCUT2D eigenvalue weighted by Gasteiger charge is 2.19. The van der Waals surface area contributed by atoms with E-state index in [0.29, 0.717) is 18.1 Å². The minimum atomic E-state index is -0.562. The second-order valence-corrected chi connectivity index (χ2v) is 13.6. The largest absolute Gasteiger partial charge is 0.400 e. The first-order valence-corrected chi connectivity index (χ1v) is 19.3. The van der Waals surface area contributed by atoms with Gasteiger partial charge in [-0.25, -0.2) is 0 Å². The first-order chi connectivity index (χ1) is 25.4. The van der Waals surface area contributed by atoms with Crippen LogP contribution < -0.4 is 21.7 Å². The molecule has 0 radical (unpaired) electrons. The number of halogens is 2. The number of rotatable bonds is 6. The summed E-state index contributed by atoms with van der Waals surface area (Å²) in [7, 11) is 1.00. The van der Waals surface area contributed by atoms with E-state index < -0.39 is 11.9 Å². The number of nitrogens with one attached hydrogen (secondary N) is 3. The number of aliphatic hydroxyl groups excluding tert-OH is 1. The Kier molecular flexibility index (Phi) is 30.4. The zero-order valence-electron chi connectivity index (χ0n) is 32.3. The van der Waals surface area contributed by atoms with E-state index in [4.69, 9.17) is 34.0 Å². The molecule has 0 bridgehead atoms. The van der Waals surface area contributed by atoms with Crippen LogP contribution in [-0.2, 0) is 37.0 Å². The molecule has 3 aliphatic rings. The van der Waals surface area contributed by atoms with E-state index in [1.165, 1.54) is 25.0 Å². The molecule has 0 atom stereocenters. The number of alkyl halides is 2. The van der Waals surface area contributed by atoms with Crippen molar-refractivity contribution in [2.75, 3.05) is 51.7 Å². The number of benzene rings is 2. The van der Waals surface area contributed by atoms with Gasteiger partial charge in [0.1, 0.15) is 0 Å². The lowest BCUT2D eigenvalue weighted by Gasteiger charge is -2.32. The summed E-state index contributed by atoms with van der Waals surface area (Å²) in [5.41, 5.74) is 8.64. The summed E-state index contributed by atoms with van der Waals surface area (Å²) in [6.45, 7) is 14.1. The number of nitrogens with two attached hydrogens (primary N) is 1. The standard InChI is InChI=1S/C14H20N2O.C12H18N2.C7H14N2O.C4H6O3.CH2Cl2.CH4O/c1-12(17)15-14-7-9-16(10-8-14)11-13-5-3-2-4-6-13;13-12-6-8-14(9-7-12)10-11-4-2-1-3-5-11;1-6(10)9-7-2-4-8-5-3-7;1-3(5)7-4(2)6;2-1-3;1-2/h2-6,14H,7-11H2,1H3,(H,15,17);1-5,12H,6-10,13H2;7-8H,2-5H2,1H3,(H,9,10);1-2H3;1H2;2H,1H3. The second-order valence-electron chi connectivity index (χ2n) is 12.7. The first kappa shape index (κ1) is 49.9. The quantitative estimate of drug-likeness (QED) is 0.161. The molecule has 0 saturated carbocycles. The number of hydrogen-bond acceptors (Lipinski definition) is 10. The molecule has 0 spiro atoms. The van der Waals surface area contributed by atoms with Gasteiger partial charge in [0.05, 0.1) is 5.34 Å². The van der Waals surface area contributed by atoms with Gasteiger partial charge in [0.15, 0.2) is 0 Å². The van der Waals surface area contributed by atoms with E-state index in [-0.39, 0.29) is 17.2 Å². The topological polar surface area (TPSA) is 166 Å². The highest BCUT2D eigenvalue weighted by atomic mass is 35.5. The molecular weight excluding hydrogens is 719 g/mol. The lowest BCUT2D eigenvalue weighted by Crippen LogP contribution is -2.43. The Morgan fingerprint density at radius 2 is 1.02 bits per heavy atom. The predicted molar refractivity (Wildman–Crippen MR) is 214 cm³/mol. The van der Waals surface area contributed by atoms with Gasteiger partial charge in [0, 0.05) is 79.1 Å². The molecule has 6 N–H and O–H groups in total. The van der Waals surface area contributed by atoms with E-state index in [9.17, 15) is 19.2 Å². The number of carbonyl (C=O) groups is 4. The Labute approximate surface area is 327 Å². The van der Waals surface area contributed by atoms with Crippen molar-refractivity contribution in [2.24, 2.45) is 5.73 Å². The molecule has 300 valence electrons. The average molecular weight is 784 g/mol. The number of piperidine rings is 3. The molecule has 0 aromatic heterocycles. The van der Waals surface area contributed by atoms with E-state index in [1.54, 1.807) is 13.8 Å². The summed E-state index contributed by atoms with van der Waals surface area (Å²) in [5, 5.41) is 16.3. The van der Waals surface area contributed by atoms with Gasteiger partial charge in [-0.15, -0.1) is 23.2 Å². The van der Waals surface area contributed by atoms with Crippen LogP contribution in [0.15, 0.2) is 60.7 Å². The number of hydrogen-bond donors (Lipinski definition) is 5. The van der Waals surface area contributed by atoms with E-state index in [2.05, 4.69) is 85.1 Å². The third kappa shape index (κ3) is 29.0. The zero-order chi connectivity index (χ0) is 39.9. The Balaban J connectivity index is 0.000000680. The second kappa shape index (κ2) is 32.3. The van der Waals surface area contributed by atoms with Gasteiger partial charge in [0.2, 0.25) is 11.8 Å². The maximum Gasteiger partial charge on any atom is 0.310 e. The Bertz CT molecular complexity index is 1210. The maximum atomic E-state index is 11.0. The van der Waals surface area contributed by atoms with Crippen molar-refractivity contribution in [1.82, 2.24) is 25.8 Å². The van der Waals surface area contributed by atoms with Crippen LogP contribution in [0.25, 0.3) is 0 Å². The molecule has 0 aliphatic carbocycles. The molecule has 2 aromatic rings. The van der Waals surface area contributed by atoms with Gasteiger partial charge in [-0.2, -0.15) is 0 Å². The molecule has 14 heteroatoms. The molecule has 2 amide bonds. The number of aliphatic hydroxyl groups is 1. The normalized spacial score (nSPS) is 16.3. The monoisotopic (exact) mass is 782 g/mol. The number of carbonyl (C=O) groups excluding carboxylic acids is 4. The number of nitrogens with zero attached hydrogens (tertiary/aromatic N) is 2. The highest BCUT2D eigenvalue weighted by molar-refractivity contribution is 6.40. The van der Waals surface area contributed by atoms with Crippen molar-refractivity contribution in [3.63, 3.8) is 0 Å². The van der Waals surface area contributed by atoms with E-state index in [1.807, 2.05) is 6.07 Å². The smallest absolute Gasteiger partial charge is 0.310 e. The zero-order valence-corrected chi connectivity index (χ0v) is 33.8. The maximum absolute atomic E-state index is 11.0. The Hall–Kier alpha value is -3.10. The summed E-state index contributed by atoms with van der Waals surface area (Å²) in [5.74, 6) is -0.946. The van der Waals surface area contributed by atoms with Crippen LogP contribution in [0, 0.1) is 0 Å². The first-order valence-electron chi connectivity index (χ1n) is 18.2. The van der Waals surface area contributed by atoms with Crippen LogP contribution in [0.2, 0.25) is 0 Å². The van der Waals surface area contributed by atoms with Crippen molar-refractivity contribution in [3.8, 4) is 0 Å². The predicted octanol–water partition coefficient (Wildman–Crippen LogP) is 4.40. The third-order valence-corrected chi connectivity index (χ3v) is 8.16. The van der Waals surface area contributed by atoms with Crippen molar-refractivity contribution < 1.29 is 29.0 Å². The summed E-state index contributed by atoms with van der Waals surface area (Å²) < 4.78 is 3.97. The van der Waals surface area contributed by atoms with Crippen LogP contribution in [0.5, 0.6) is 0 Å². The molecule has 5 rings (SSSR count). The Morgan fingerprint density at radius 3 is 1.34 bits per heavy atom. The molecule has 0 unspecified atom stereocenters. The Morgan fingerprint density at radius 1 is 0.679 bits per heavy atom. The van der Waals surface area contributed by atoms with Gasteiger partial charge in [-0.05, 0) is 75.8 Å². The number of likely N-dealkylation sites (tertiary alicyclic amines) is 2. The SMILES string of the molecule is CC(=O)NC1CCN(Cc2ccccc2)CC1.CC(=O)NC1CCNCC1.CC(=O)OC(C)=O.CO.ClCCl.NC1CCN(Cc2ccccc2)CC1. The van der Waals surface area contributed by atoms with Gasteiger partial charge >= 0.3 is 11.9 Å². The number of esters is 2. The van der Waals surface area contributed by atoms with Crippen molar-refractivity contribution in [3.05, 3.63) is 71.8 Å². The van der Waals surface area contributed by atoms with Crippen LogP contribution in [-0.4, -0.2) is 109 Å². The highest BCUT2D eigenvalue weighted by Crippen LogP contribution is 2.14. The van der Waals surface area contributed by atoms with Crippen LogP contribution in [0.4, 0.5) is 0 Å². The summed E-state index contributed by atoms with van der Waals surface area (Å²) in [4.78, 5) is 46.1. The molecule has 3 heterocycles. The van der Waals surface area contributed by atoms with E-state index in [0.717, 1.165) is 98.0 Å². The van der Waals surface area contributed by atoms with Gasteiger partial charge in [0.25, 0.3) is 0 Å². The fraction of sp³-hybridized carbons (Fsp3) is 0.590. The van der Waals surface area contributed by atoms with E-state index >= 15 is 0 Å². The minimum absolute atomic E-state index is 0.0894. The molecule has 53 heavy (non-hydrogen) atoms. The molecule has 12 nitrogen and oxygen atoms in total. The molecule has 3 saturated heterocycles. The minimum Gasteiger partial charge on any atom is -0.400 e. The molecule has 3 fully saturated rings. The molecule has 2 aromatic carbocycles. The molecular formula is C39H64Cl2N6O6. The number of ether oxygens (including phenoxy) is 1. The third-order valence-electron chi connectivity index (χ3n) is 8.16. The van der Waals surface area contributed by atoms with Crippen LogP contribution in [0.1, 0.15) is 77.3 Å². The summed E-state index contributed by atoms with van der Waals surface area (Å²) in [6, 6.07) is 22.4. The average Bonchev–Trinajstić information content (AvgIpc) is 3.13. The van der Waals surface area contributed by atoms with Crippen LogP contribution in [0.3, 0.4) is 0 Å². The summed E-state index contributed by atoms with van der Waals surface area (Å²) in [6.07, 6.45) is 6.55.